The average molecular weight is 477 g/mol. The first kappa shape index (κ1) is 28.2. The van der Waals surface area contributed by atoms with Crippen molar-refractivity contribution in [1.29, 1.82) is 0 Å². The predicted octanol–water partition coefficient (Wildman–Crippen LogP) is 7.98. The average Bonchev–Trinajstić information content (AvgIpc) is 3.27. The molecule has 35 heavy (non-hydrogen) atoms. The van der Waals surface area contributed by atoms with Gasteiger partial charge in [0.05, 0.1) is 7.11 Å². The number of allylic oxidation sites excluding steroid dienone is 8. The van der Waals surface area contributed by atoms with Crippen LogP contribution in [0.3, 0.4) is 0 Å². The van der Waals surface area contributed by atoms with E-state index < -0.39 is 0 Å². The molecular formula is C31H44N2O2. The number of rotatable bonds is 18. The van der Waals surface area contributed by atoms with E-state index in [2.05, 4.69) is 71.9 Å². The molecule has 0 atom stereocenters. The van der Waals surface area contributed by atoms with Crippen molar-refractivity contribution in [2.24, 2.45) is 0 Å². The largest absolute Gasteiger partial charge is 0.497 e. The van der Waals surface area contributed by atoms with E-state index in [1.165, 1.54) is 25.7 Å². The molecule has 4 nitrogen and oxygen atoms in total. The van der Waals surface area contributed by atoms with Gasteiger partial charge in [0.15, 0.2) is 0 Å². The van der Waals surface area contributed by atoms with Gasteiger partial charge in [0.1, 0.15) is 5.75 Å². The fourth-order valence-corrected chi connectivity index (χ4v) is 3.80. The minimum Gasteiger partial charge on any atom is -0.497 e. The number of nitrogens with one attached hydrogen (secondary N) is 2. The summed E-state index contributed by atoms with van der Waals surface area (Å²) in [6, 6.07) is 8.10. The molecule has 0 fully saturated rings. The Hall–Kier alpha value is -3.01. The summed E-state index contributed by atoms with van der Waals surface area (Å²) in [6.07, 6.45) is 29.1. The van der Waals surface area contributed by atoms with Crippen LogP contribution in [0.2, 0.25) is 0 Å². The zero-order valence-electron chi connectivity index (χ0n) is 21.7. The molecule has 0 saturated heterocycles. The Bertz CT molecular complexity index is 966. The first-order chi connectivity index (χ1) is 17.2. The number of benzene rings is 1. The SMILES string of the molecule is CCCCC/C=C\C/C=C\C/C=C\C/C=C\CCCC(=O)NCCc1cc2cc(OC)ccc2[nH]1. The number of carbonyl (C=O) groups is 1. The lowest BCUT2D eigenvalue weighted by atomic mass is 10.2. The Labute approximate surface area is 212 Å². The lowest BCUT2D eigenvalue weighted by molar-refractivity contribution is -0.121. The second-order valence-corrected chi connectivity index (χ2v) is 8.83. The third-order valence-electron chi connectivity index (χ3n) is 5.83. The van der Waals surface area contributed by atoms with E-state index in [1.807, 2.05) is 18.2 Å². The number of ether oxygens (including phenoxy) is 1. The molecule has 0 radical (unpaired) electrons. The number of aromatic amines is 1. The molecule has 0 aliphatic carbocycles. The Morgan fingerprint density at radius 1 is 0.886 bits per heavy atom. The Morgan fingerprint density at radius 2 is 1.54 bits per heavy atom. The van der Waals surface area contributed by atoms with E-state index in [-0.39, 0.29) is 5.91 Å². The number of methoxy groups -OCH3 is 1. The van der Waals surface area contributed by atoms with Crippen LogP contribution < -0.4 is 10.1 Å². The normalized spacial score (nSPS) is 12.2. The summed E-state index contributed by atoms with van der Waals surface area (Å²) in [7, 11) is 1.67. The lowest BCUT2D eigenvalue weighted by Crippen LogP contribution is -2.25. The number of carbonyl (C=O) groups excluding carboxylic acids is 1. The number of aromatic nitrogens is 1. The van der Waals surface area contributed by atoms with E-state index in [4.69, 9.17) is 4.74 Å². The van der Waals surface area contributed by atoms with Crippen molar-refractivity contribution in [3.8, 4) is 5.75 Å². The summed E-state index contributed by atoms with van der Waals surface area (Å²) in [4.78, 5) is 15.5. The smallest absolute Gasteiger partial charge is 0.220 e. The Kier molecular flexibility index (Phi) is 14.8. The van der Waals surface area contributed by atoms with Crippen molar-refractivity contribution in [2.45, 2.75) is 77.6 Å². The highest BCUT2D eigenvalue weighted by atomic mass is 16.5. The van der Waals surface area contributed by atoms with E-state index in [9.17, 15) is 4.79 Å². The van der Waals surface area contributed by atoms with Crippen molar-refractivity contribution in [2.75, 3.05) is 13.7 Å². The summed E-state index contributed by atoms with van der Waals surface area (Å²) < 4.78 is 5.27. The van der Waals surface area contributed by atoms with Gasteiger partial charge in [-0.1, -0.05) is 68.4 Å². The lowest BCUT2D eigenvalue weighted by Gasteiger charge is -2.03. The molecule has 1 aromatic carbocycles. The number of amides is 1. The van der Waals surface area contributed by atoms with Crippen LogP contribution in [-0.4, -0.2) is 24.5 Å². The van der Waals surface area contributed by atoms with Crippen LogP contribution in [0, 0.1) is 0 Å². The third-order valence-corrected chi connectivity index (χ3v) is 5.83. The van der Waals surface area contributed by atoms with Crippen molar-refractivity contribution in [3.05, 3.63) is 78.6 Å². The maximum absolute atomic E-state index is 12.1. The topological polar surface area (TPSA) is 54.1 Å². The molecule has 0 unspecified atom stereocenters. The van der Waals surface area contributed by atoms with Crippen LogP contribution >= 0.6 is 0 Å². The number of H-pyrrole nitrogens is 1. The molecule has 2 aromatic rings. The standard InChI is InChI=1S/C31H44N2O2/c1-3-4-5-6-7-8-9-10-11-12-13-14-15-16-17-18-19-20-31(34)32-24-23-28-25-27-26-29(35-2)21-22-30(27)33-28/h7-8,10-11,13-14,16-17,21-22,25-26,33H,3-6,9,12,15,18-20,23-24H2,1-2H3,(H,32,34)/b8-7-,11-10-,14-13-,17-16-. The summed E-state index contributed by atoms with van der Waals surface area (Å²) in [5.41, 5.74) is 2.21. The molecule has 0 spiro atoms. The van der Waals surface area contributed by atoms with Crippen LogP contribution in [0.4, 0.5) is 0 Å². The summed E-state index contributed by atoms with van der Waals surface area (Å²) >= 11 is 0. The van der Waals surface area contributed by atoms with Gasteiger partial charge in [-0.05, 0) is 69.2 Å². The molecule has 0 bridgehead atoms. The summed E-state index contributed by atoms with van der Waals surface area (Å²) in [5, 5.41) is 4.15. The van der Waals surface area contributed by atoms with Crippen LogP contribution in [0.15, 0.2) is 72.9 Å². The van der Waals surface area contributed by atoms with Gasteiger partial charge in [-0.25, -0.2) is 0 Å². The van der Waals surface area contributed by atoms with E-state index in [0.717, 1.165) is 60.9 Å². The quantitative estimate of drug-likeness (QED) is 0.169. The summed E-state index contributed by atoms with van der Waals surface area (Å²) in [6.45, 7) is 2.89. The fraction of sp³-hybridized carbons (Fsp3) is 0.452. The fourth-order valence-electron chi connectivity index (χ4n) is 3.80. The van der Waals surface area contributed by atoms with Crippen molar-refractivity contribution < 1.29 is 9.53 Å². The van der Waals surface area contributed by atoms with Crippen LogP contribution in [0.25, 0.3) is 10.9 Å². The van der Waals surface area contributed by atoms with E-state index in [0.29, 0.717) is 13.0 Å². The van der Waals surface area contributed by atoms with Gasteiger partial charge in [0.25, 0.3) is 0 Å². The monoisotopic (exact) mass is 476 g/mol. The highest BCUT2D eigenvalue weighted by molar-refractivity contribution is 5.82. The maximum atomic E-state index is 12.1. The molecule has 1 heterocycles. The first-order valence-corrected chi connectivity index (χ1v) is 13.2. The second-order valence-electron chi connectivity index (χ2n) is 8.83. The van der Waals surface area contributed by atoms with E-state index >= 15 is 0 Å². The van der Waals surface area contributed by atoms with Crippen molar-refractivity contribution >= 4 is 16.8 Å². The van der Waals surface area contributed by atoms with Gasteiger partial charge in [0.2, 0.25) is 5.91 Å². The molecule has 1 aromatic heterocycles. The molecule has 4 heteroatoms. The highest BCUT2D eigenvalue weighted by Crippen LogP contribution is 2.21. The highest BCUT2D eigenvalue weighted by Gasteiger charge is 2.04. The molecular weight excluding hydrogens is 432 g/mol. The molecule has 2 rings (SSSR count). The zero-order valence-corrected chi connectivity index (χ0v) is 21.7. The molecule has 0 aliphatic heterocycles. The van der Waals surface area contributed by atoms with Crippen molar-refractivity contribution in [1.82, 2.24) is 10.3 Å². The van der Waals surface area contributed by atoms with Gasteiger partial charge in [-0.3, -0.25) is 4.79 Å². The van der Waals surface area contributed by atoms with Gasteiger partial charge in [-0.2, -0.15) is 0 Å². The Balaban J connectivity index is 1.46. The van der Waals surface area contributed by atoms with Crippen LogP contribution in [0.1, 0.15) is 76.8 Å². The van der Waals surface area contributed by atoms with Gasteiger partial charge >= 0.3 is 0 Å². The minimum absolute atomic E-state index is 0.124. The second kappa shape index (κ2) is 18.3. The molecule has 1 amide bonds. The van der Waals surface area contributed by atoms with Gasteiger partial charge in [-0.15, -0.1) is 0 Å². The van der Waals surface area contributed by atoms with Crippen molar-refractivity contribution in [3.63, 3.8) is 0 Å². The molecule has 0 aliphatic rings. The van der Waals surface area contributed by atoms with Gasteiger partial charge < -0.3 is 15.0 Å². The van der Waals surface area contributed by atoms with Crippen LogP contribution in [0.5, 0.6) is 5.75 Å². The Morgan fingerprint density at radius 3 is 2.20 bits per heavy atom. The molecule has 2 N–H and O–H groups in total. The van der Waals surface area contributed by atoms with E-state index in [1.54, 1.807) is 7.11 Å². The number of unbranched alkanes of at least 4 members (excludes halogenated alkanes) is 4. The first-order valence-electron chi connectivity index (χ1n) is 13.2. The molecule has 190 valence electrons. The zero-order chi connectivity index (χ0) is 25.0. The van der Waals surface area contributed by atoms with Crippen LogP contribution in [-0.2, 0) is 11.2 Å². The van der Waals surface area contributed by atoms with Gasteiger partial charge in [0, 0.05) is 36.0 Å². The third kappa shape index (κ3) is 12.9. The number of fused-ring (bicyclic) bond motifs is 1. The molecule has 0 saturated carbocycles. The summed E-state index contributed by atoms with van der Waals surface area (Å²) in [5.74, 6) is 0.976. The number of hydrogen-bond donors (Lipinski definition) is 2. The number of hydrogen-bond acceptors (Lipinski definition) is 2. The minimum atomic E-state index is 0.124. The maximum Gasteiger partial charge on any atom is 0.220 e. The predicted molar refractivity (Wildman–Crippen MR) is 150 cm³/mol.